The largest absolute Gasteiger partial charge is 0.396 e. The Morgan fingerprint density at radius 3 is 2.61 bits per heavy atom. The van der Waals surface area contributed by atoms with Crippen molar-refractivity contribution >= 4 is 23.4 Å². The molecule has 0 saturated carbocycles. The number of rotatable bonds is 6. The molecule has 0 aromatic carbocycles. The fourth-order valence-electron chi connectivity index (χ4n) is 4.51. The SMILES string of the molecule is CCc1c(C)nc(-c2cnn(CC)c2)c(CN2CC(CO)c3c(Cl)nc(N)nc32)c1C. The van der Waals surface area contributed by atoms with Crippen LogP contribution in [0.15, 0.2) is 12.4 Å². The first kappa shape index (κ1) is 21.5. The standard InChI is InChI=1S/C22H28ClN7O/c1-5-16-12(3)17(19(26-13(16)4)14-7-25-30(6-2)9-14)10-29-8-15(11-31)18-20(23)27-22(24)28-21(18)29/h7,9,15,31H,5-6,8,10-11H2,1-4H3,(H2,24,27,28). The highest BCUT2D eigenvalue weighted by molar-refractivity contribution is 6.30. The summed E-state index contributed by atoms with van der Waals surface area (Å²) in [6, 6.07) is 0. The maximum Gasteiger partial charge on any atom is 0.223 e. The molecule has 0 spiro atoms. The zero-order valence-corrected chi connectivity index (χ0v) is 19.1. The lowest BCUT2D eigenvalue weighted by molar-refractivity contribution is 0.270. The molecular weight excluding hydrogens is 414 g/mol. The summed E-state index contributed by atoms with van der Waals surface area (Å²) in [5, 5.41) is 14.7. The van der Waals surface area contributed by atoms with Gasteiger partial charge in [0.05, 0.1) is 18.5 Å². The van der Waals surface area contributed by atoms with Crippen LogP contribution in [0.2, 0.25) is 5.15 Å². The first-order valence-corrected chi connectivity index (χ1v) is 11.0. The lowest BCUT2D eigenvalue weighted by Gasteiger charge is -2.24. The zero-order valence-electron chi connectivity index (χ0n) is 18.4. The van der Waals surface area contributed by atoms with E-state index in [4.69, 9.17) is 22.3 Å². The number of nitrogens with zero attached hydrogens (tertiary/aromatic N) is 6. The maximum absolute atomic E-state index is 9.93. The predicted octanol–water partition coefficient (Wildman–Crippen LogP) is 3.27. The molecule has 1 aliphatic rings. The molecule has 1 atom stereocenters. The number of anilines is 2. The molecule has 4 rings (SSSR count). The van der Waals surface area contributed by atoms with Gasteiger partial charge < -0.3 is 15.7 Å². The number of aliphatic hydroxyl groups excluding tert-OH is 1. The van der Waals surface area contributed by atoms with Gasteiger partial charge in [0.15, 0.2) is 0 Å². The van der Waals surface area contributed by atoms with Gasteiger partial charge in [-0.1, -0.05) is 18.5 Å². The first-order chi connectivity index (χ1) is 14.9. The monoisotopic (exact) mass is 441 g/mol. The van der Waals surface area contributed by atoms with Gasteiger partial charge in [0.1, 0.15) is 11.0 Å². The van der Waals surface area contributed by atoms with E-state index in [1.165, 1.54) is 11.1 Å². The Kier molecular flexibility index (Phi) is 5.85. The van der Waals surface area contributed by atoms with E-state index >= 15 is 0 Å². The highest BCUT2D eigenvalue weighted by atomic mass is 35.5. The molecule has 3 aromatic rings. The van der Waals surface area contributed by atoms with Gasteiger partial charge in [-0.25, -0.2) is 4.98 Å². The second-order valence-electron chi connectivity index (χ2n) is 7.94. The average Bonchev–Trinajstić information content (AvgIpc) is 3.35. The second-order valence-corrected chi connectivity index (χ2v) is 8.29. The Labute approximate surface area is 187 Å². The van der Waals surface area contributed by atoms with E-state index in [2.05, 4.69) is 47.7 Å². The number of aryl methyl sites for hydroxylation is 2. The number of aliphatic hydroxyl groups is 1. The number of pyridine rings is 1. The van der Waals surface area contributed by atoms with Crippen molar-refractivity contribution in [2.75, 3.05) is 23.8 Å². The molecule has 1 aliphatic heterocycles. The van der Waals surface area contributed by atoms with Crippen LogP contribution in [-0.4, -0.2) is 43.0 Å². The summed E-state index contributed by atoms with van der Waals surface area (Å²) in [6.07, 6.45) is 4.80. The molecule has 0 bridgehead atoms. The van der Waals surface area contributed by atoms with Crippen LogP contribution in [-0.2, 0) is 19.5 Å². The third-order valence-electron chi connectivity index (χ3n) is 6.11. The van der Waals surface area contributed by atoms with Crippen molar-refractivity contribution in [2.24, 2.45) is 0 Å². The zero-order chi connectivity index (χ0) is 22.3. The Balaban J connectivity index is 1.84. The molecule has 0 radical (unpaired) electrons. The summed E-state index contributed by atoms with van der Waals surface area (Å²) in [7, 11) is 0. The van der Waals surface area contributed by atoms with Gasteiger partial charge in [0.2, 0.25) is 5.95 Å². The summed E-state index contributed by atoms with van der Waals surface area (Å²) < 4.78 is 1.90. The van der Waals surface area contributed by atoms with Crippen LogP contribution in [0.25, 0.3) is 11.3 Å². The minimum atomic E-state index is -0.154. The molecule has 31 heavy (non-hydrogen) atoms. The number of hydrogen-bond acceptors (Lipinski definition) is 7. The number of hydrogen-bond donors (Lipinski definition) is 2. The molecule has 0 aliphatic carbocycles. The van der Waals surface area contributed by atoms with Crippen molar-refractivity contribution in [3.05, 3.63) is 45.5 Å². The van der Waals surface area contributed by atoms with Gasteiger partial charge in [-0.3, -0.25) is 9.67 Å². The summed E-state index contributed by atoms with van der Waals surface area (Å²) in [4.78, 5) is 15.6. The smallest absolute Gasteiger partial charge is 0.223 e. The van der Waals surface area contributed by atoms with E-state index < -0.39 is 0 Å². The van der Waals surface area contributed by atoms with Gasteiger partial charge in [0.25, 0.3) is 0 Å². The minimum absolute atomic E-state index is 0.0298. The Hall–Kier alpha value is -2.71. The molecule has 0 saturated heterocycles. The van der Waals surface area contributed by atoms with Gasteiger partial charge in [-0.05, 0) is 38.3 Å². The summed E-state index contributed by atoms with van der Waals surface area (Å²) in [5.74, 6) is 0.660. The Morgan fingerprint density at radius 2 is 1.97 bits per heavy atom. The summed E-state index contributed by atoms with van der Waals surface area (Å²) >= 11 is 6.37. The fraction of sp³-hybridized carbons (Fsp3) is 0.455. The lowest BCUT2D eigenvalue weighted by atomic mass is 9.95. The van der Waals surface area contributed by atoms with Crippen molar-refractivity contribution in [3.8, 4) is 11.3 Å². The van der Waals surface area contributed by atoms with E-state index in [-0.39, 0.29) is 18.5 Å². The van der Waals surface area contributed by atoms with E-state index in [0.29, 0.717) is 24.1 Å². The molecule has 164 valence electrons. The topological polar surface area (TPSA) is 106 Å². The Morgan fingerprint density at radius 1 is 1.19 bits per heavy atom. The maximum atomic E-state index is 9.93. The molecule has 0 amide bonds. The van der Waals surface area contributed by atoms with E-state index in [1.807, 2.05) is 17.1 Å². The van der Waals surface area contributed by atoms with Gasteiger partial charge in [0, 0.05) is 54.1 Å². The number of fused-ring (bicyclic) bond motifs is 1. The molecule has 0 fully saturated rings. The number of aromatic nitrogens is 5. The molecule has 3 aromatic heterocycles. The van der Waals surface area contributed by atoms with Crippen LogP contribution in [0.5, 0.6) is 0 Å². The van der Waals surface area contributed by atoms with E-state index in [1.54, 1.807) is 0 Å². The van der Waals surface area contributed by atoms with Gasteiger partial charge >= 0.3 is 0 Å². The highest BCUT2D eigenvalue weighted by Crippen LogP contribution is 2.41. The quantitative estimate of drug-likeness (QED) is 0.565. The van der Waals surface area contributed by atoms with Crippen LogP contribution in [0.1, 0.15) is 47.7 Å². The van der Waals surface area contributed by atoms with Gasteiger partial charge in [-0.2, -0.15) is 10.1 Å². The number of halogens is 1. The Bertz CT molecular complexity index is 1130. The summed E-state index contributed by atoms with van der Waals surface area (Å²) in [5.41, 5.74) is 13.2. The molecule has 1 unspecified atom stereocenters. The normalized spacial score (nSPS) is 15.5. The molecular formula is C22H28ClN7O. The van der Waals surface area contributed by atoms with Crippen molar-refractivity contribution in [1.29, 1.82) is 0 Å². The minimum Gasteiger partial charge on any atom is -0.396 e. The molecule has 4 heterocycles. The predicted molar refractivity (Wildman–Crippen MR) is 122 cm³/mol. The van der Waals surface area contributed by atoms with Crippen LogP contribution < -0.4 is 10.6 Å². The van der Waals surface area contributed by atoms with Crippen LogP contribution >= 0.6 is 11.6 Å². The van der Waals surface area contributed by atoms with Crippen molar-refractivity contribution in [2.45, 2.75) is 53.1 Å². The average molecular weight is 442 g/mol. The fourth-order valence-corrected chi connectivity index (χ4v) is 4.83. The molecule has 9 heteroatoms. The van der Waals surface area contributed by atoms with Crippen molar-refractivity contribution < 1.29 is 5.11 Å². The first-order valence-electron chi connectivity index (χ1n) is 10.6. The van der Waals surface area contributed by atoms with E-state index in [0.717, 1.165) is 41.0 Å². The van der Waals surface area contributed by atoms with Crippen molar-refractivity contribution in [3.63, 3.8) is 0 Å². The third kappa shape index (κ3) is 3.74. The lowest BCUT2D eigenvalue weighted by Crippen LogP contribution is -2.24. The van der Waals surface area contributed by atoms with E-state index in [9.17, 15) is 5.11 Å². The number of nitrogens with two attached hydrogens (primary N) is 1. The van der Waals surface area contributed by atoms with Crippen molar-refractivity contribution in [1.82, 2.24) is 24.7 Å². The third-order valence-corrected chi connectivity index (χ3v) is 6.39. The van der Waals surface area contributed by atoms with Crippen LogP contribution in [0.4, 0.5) is 11.8 Å². The summed E-state index contributed by atoms with van der Waals surface area (Å²) in [6.45, 7) is 10.4. The van der Waals surface area contributed by atoms with Crippen LogP contribution in [0, 0.1) is 13.8 Å². The molecule has 3 N–H and O–H groups in total. The number of nitrogen functional groups attached to an aromatic ring is 1. The van der Waals surface area contributed by atoms with Crippen LogP contribution in [0.3, 0.4) is 0 Å². The second kappa shape index (κ2) is 8.43. The molecule has 8 nitrogen and oxygen atoms in total. The van der Waals surface area contributed by atoms with Gasteiger partial charge in [-0.15, -0.1) is 0 Å². The highest BCUT2D eigenvalue weighted by Gasteiger charge is 2.34.